The van der Waals surface area contributed by atoms with E-state index in [1.54, 1.807) is 22.7 Å². The lowest BCUT2D eigenvalue weighted by molar-refractivity contribution is 1.08. The molecule has 66 heavy (non-hydrogen) atoms. The van der Waals surface area contributed by atoms with Gasteiger partial charge in [0.15, 0.2) is 17.5 Å². The third-order valence-electron chi connectivity index (χ3n) is 13.3. The Balaban J connectivity index is 1.11. The highest BCUT2D eigenvalue weighted by atomic mass is 32.1. The molecule has 0 bridgehead atoms. The van der Waals surface area contributed by atoms with E-state index in [0.29, 0.717) is 17.5 Å². The van der Waals surface area contributed by atoms with E-state index >= 15 is 0 Å². The van der Waals surface area contributed by atoms with Gasteiger partial charge in [0.25, 0.3) is 0 Å². The molecule has 0 saturated heterocycles. The molecule has 0 aliphatic heterocycles. The lowest BCUT2D eigenvalue weighted by Crippen LogP contribution is -2.02. The molecule has 0 radical (unpaired) electrons. The van der Waals surface area contributed by atoms with Crippen LogP contribution >= 0.6 is 22.7 Å². The van der Waals surface area contributed by atoms with Crippen molar-refractivity contribution in [3.05, 3.63) is 212 Å². The smallest absolute Gasteiger partial charge is 0.165 e. The summed E-state index contributed by atoms with van der Waals surface area (Å²) in [5, 5.41) is 14.3. The Labute approximate surface area is 387 Å². The van der Waals surface area contributed by atoms with Crippen molar-refractivity contribution in [3.63, 3.8) is 0 Å². The van der Waals surface area contributed by atoms with Gasteiger partial charge in [-0.2, -0.15) is 0 Å². The lowest BCUT2D eigenvalue weighted by atomic mass is 9.83. The minimum atomic E-state index is 0.643. The van der Waals surface area contributed by atoms with Crippen molar-refractivity contribution in [2.24, 2.45) is 0 Å². The van der Waals surface area contributed by atoms with E-state index in [1.807, 2.05) is 0 Å². The van der Waals surface area contributed by atoms with Crippen molar-refractivity contribution >= 4 is 106 Å². The van der Waals surface area contributed by atoms with Crippen molar-refractivity contribution < 1.29 is 0 Å². The van der Waals surface area contributed by atoms with Crippen LogP contribution in [0, 0.1) is 0 Å². The van der Waals surface area contributed by atoms with Gasteiger partial charge in [0.05, 0.1) is 0 Å². The molecule has 306 valence electrons. The molecule has 14 rings (SSSR count). The molecule has 3 heterocycles. The van der Waals surface area contributed by atoms with Gasteiger partial charge in [-0.05, 0) is 89.6 Å². The van der Waals surface area contributed by atoms with Gasteiger partial charge in [-0.3, -0.25) is 0 Å². The monoisotopic (exact) mass is 873 g/mol. The summed E-state index contributed by atoms with van der Waals surface area (Å²) in [7, 11) is 0. The van der Waals surface area contributed by atoms with Crippen molar-refractivity contribution in [2.45, 2.75) is 0 Å². The van der Waals surface area contributed by atoms with E-state index in [4.69, 9.17) is 15.0 Å². The summed E-state index contributed by atoms with van der Waals surface area (Å²) < 4.78 is 4.82. The fourth-order valence-electron chi connectivity index (χ4n) is 10.4. The summed E-state index contributed by atoms with van der Waals surface area (Å²) in [6.45, 7) is 0. The third-order valence-corrected chi connectivity index (χ3v) is 15.8. The highest BCUT2D eigenvalue weighted by molar-refractivity contribution is 7.26. The highest BCUT2D eigenvalue weighted by Crippen LogP contribution is 2.49. The first-order valence-electron chi connectivity index (χ1n) is 22.3. The number of aromatic nitrogens is 3. The van der Waals surface area contributed by atoms with Crippen LogP contribution in [0.2, 0.25) is 0 Å². The summed E-state index contributed by atoms with van der Waals surface area (Å²) in [6, 6.07) is 76.9. The maximum Gasteiger partial charge on any atom is 0.165 e. The number of hydrogen-bond donors (Lipinski definition) is 0. The standard InChI is InChI=1S/C61H35N3S2/c1-3-19-38-36(16-1)18-13-27-42(38)54-43-23-5-7-25-45(43)55(46-26-8-6-24-44(46)54)49-35-34-37-17-2-4-20-39(37)56(49)61-63-59(50-30-14-28-47-40-21-9-11-32-52(40)65-57(47)50)62-60(64-61)51-31-15-29-48-41-22-10-12-33-53(41)66-58(48)51/h1-35H. The molecule has 0 aliphatic rings. The Morgan fingerprint density at radius 3 is 1.17 bits per heavy atom. The van der Waals surface area contributed by atoms with Gasteiger partial charge in [-0.1, -0.05) is 188 Å². The normalized spacial score (nSPS) is 11.9. The molecule has 5 heteroatoms. The second-order valence-corrected chi connectivity index (χ2v) is 19.0. The van der Waals surface area contributed by atoms with Crippen LogP contribution in [0.1, 0.15) is 0 Å². The zero-order chi connectivity index (χ0) is 43.3. The highest BCUT2D eigenvalue weighted by Gasteiger charge is 2.25. The first-order valence-corrected chi connectivity index (χ1v) is 23.9. The molecule has 3 nitrogen and oxygen atoms in total. The molecule has 0 fully saturated rings. The first-order chi connectivity index (χ1) is 32.7. The molecule has 14 aromatic rings. The van der Waals surface area contributed by atoms with Gasteiger partial charge in [0.1, 0.15) is 0 Å². The van der Waals surface area contributed by atoms with Crippen LogP contribution in [0.15, 0.2) is 212 Å². The maximum absolute atomic E-state index is 5.63. The summed E-state index contributed by atoms with van der Waals surface area (Å²) in [6.07, 6.45) is 0. The number of fused-ring (bicyclic) bond motifs is 10. The van der Waals surface area contributed by atoms with Gasteiger partial charge in [0.2, 0.25) is 0 Å². The lowest BCUT2D eigenvalue weighted by Gasteiger charge is -2.21. The number of thiophene rings is 2. The zero-order valence-electron chi connectivity index (χ0n) is 35.4. The molecule has 0 atom stereocenters. The number of nitrogens with zero attached hydrogens (tertiary/aromatic N) is 3. The quantitative estimate of drug-likeness (QED) is 0.162. The van der Waals surface area contributed by atoms with Crippen molar-refractivity contribution in [1.29, 1.82) is 0 Å². The Kier molecular flexibility index (Phi) is 8.32. The van der Waals surface area contributed by atoms with E-state index in [9.17, 15) is 0 Å². The van der Waals surface area contributed by atoms with Crippen LogP contribution in [0.5, 0.6) is 0 Å². The molecule has 11 aromatic carbocycles. The van der Waals surface area contributed by atoms with Crippen LogP contribution in [0.4, 0.5) is 0 Å². The molecular weight excluding hydrogens is 839 g/mol. The van der Waals surface area contributed by atoms with Crippen LogP contribution in [-0.2, 0) is 0 Å². The number of rotatable bonds is 5. The number of hydrogen-bond acceptors (Lipinski definition) is 5. The Morgan fingerprint density at radius 1 is 0.227 bits per heavy atom. The van der Waals surface area contributed by atoms with E-state index < -0.39 is 0 Å². The molecule has 0 spiro atoms. The van der Waals surface area contributed by atoms with E-state index in [0.717, 1.165) is 38.6 Å². The fraction of sp³-hybridized carbons (Fsp3) is 0. The maximum atomic E-state index is 5.63. The predicted molar refractivity (Wildman–Crippen MR) is 283 cm³/mol. The molecule has 3 aromatic heterocycles. The van der Waals surface area contributed by atoms with Gasteiger partial charge in [-0.15, -0.1) is 22.7 Å². The molecule has 0 amide bonds. The third kappa shape index (κ3) is 5.64. The minimum Gasteiger partial charge on any atom is -0.208 e. The SMILES string of the molecule is c1ccc2c(-c3c4ccccc4c(-c4ccc5ccccc5c4-c4nc(-c5cccc6c5sc5ccccc56)nc(-c5cccc6c5sc5ccccc56)n4)c4ccccc34)cccc2c1. The summed E-state index contributed by atoms with van der Waals surface area (Å²) in [4.78, 5) is 16.7. The Hall–Kier alpha value is -8.09. The molecule has 0 saturated carbocycles. The van der Waals surface area contributed by atoms with Crippen LogP contribution in [0.3, 0.4) is 0 Å². The van der Waals surface area contributed by atoms with Crippen LogP contribution in [-0.4, -0.2) is 15.0 Å². The molecule has 0 unspecified atom stereocenters. The van der Waals surface area contributed by atoms with E-state index in [1.165, 1.54) is 83.8 Å². The van der Waals surface area contributed by atoms with E-state index in [2.05, 4.69) is 212 Å². The largest absolute Gasteiger partial charge is 0.208 e. The second kappa shape index (κ2) is 14.7. The van der Waals surface area contributed by atoms with Crippen LogP contribution < -0.4 is 0 Å². The minimum absolute atomic E-state index is 0.643. The van der Waals surface area contributed by atoms with Crippen LogP contribution in [0.25, 0.3) is 140 Å². The average molecular weight is 874 g/mol. The van der Waals surface area contributed by atoms with Gasteiger partial charge >= 0.3 is 0 Å². The molecular formula is C61H35N3S2. The van der Waals surface area contributed by atoms with Gasteiger partial charge in [-0.25, -0.2) is 15.0 Å². The Morgan fingerprint density at radius 2 is 0.606 bits per heavy atom. The topological polar surface area (TPSA) is 38.7 Å². The Bertz CT molecular complexity index is 4120. The van der Waals surface area contributed by atoms with Crippen molar-refractivity contribution in [3.8, 4) is 56.4 Å². The molecule has 0 aliphatic carbocycles. The van der Waals surface area contributed by atoms with Crippen molar-refractivity contribution in [1.82, 2.24) is 15.0 Å². The number of benzene rings is 11. The van der Waals surface area contributed by atoms with Gasteiger partial charge < -0.3 is 0 Å². The first kappa shape index (κ1) is 37.3. The fourth-order valence-corrected chi connectivity index (χ4v) is 12.9. The van der Waals surface area contributed by atoms with Crippen molar-refractivity contribution in [2.75, 3.05) is 0 Å². The molecule has 0 N–H and O–H groups in total. The second-order valence-electron chi connectivity index (χ2n) is 16.9. The van der Waals surface area contributed by atoms with Gasteiger partial charge in [0, 0.05) is 57.0 Å². The summed E-state index contributed by atoms with van der Waals surface area (Å²) >= 11 is 3.60. The average Bonchev–Trinajstić information content (AvgIpc) is 3.96. The predicted octanol–water partition coefficient (Wildman–Crippen LogP) is 17.6. The summed E-state index contributed by atoms with van der Waals surface area (Å²) in [5.74, 6) is 1.96. The van der Waals surface area contributed by atoms with E-state index in [-0.39, 0.29) is 0 Å². The summed E-state index contributed by atoms with van der Waals surface area (Å²) in [5.41, 5.74) is 7.68. The zero-order valence-corrected chi connectivity index (χ0v) is 37.0.